The average Bonchev–Trinajstić information content (AvgIpc) is 3.65. The number of sulfonamides is 2. The summed E-state index contributed by atoms with van der Waals surface area (Å²) in [4.78, 5) is -0.419. The molecular formula is C28H20N6O10S3. The van der Waals surface area contributed by atoms with Crippen LogP contribution >= 0.6 is 0 Å². The van der Waals surface area contributed by atoms with E-state index in [0.717, 1.165) is 9.36 Å². The zero-order valence-corrected chi connectivity index (χ0v) is 25.9. The Balaban J connectivity index is 1.26. The van der Waals surface area contributed by atoms with Crippen molar-refractivity contribution in [2.75, 3.05) is 9.44 Å². The quantitative estimate of drug-likeness (QED) is 0.189. The van der Waals surface area contributed by atoms with Crippen LogP contribution in [0.1, 0.15) is 0 Å². The highest BCUT2D eigenvalue weighted by Gasteiger charge is 2.35. The van der Waals surface area contributed by atoms with Gasteiger partial charge in [-0.05, 0) is 57.9 Å². The summed E-state index contributed by atoms with van der Waals surface area (Å²) >= 11 is 0. The van der Waals surface area contributed by atoms with Crippen LogP contribution in [-0.4, -0.2) is 35.8 Å². The van der Waals surface area contributed by atoms with E-state index in [1.165, 1.54) is 72.8 Å². The molecule has 0 amide bonds. The lowest BCUT2D eigenvalue weighted by molar-refractivity contribution is -0.706. The number of para-hydroxylation sites is 2. The molecule has 0 fully saturated rings. The summed E-state index contributed by atoms with van der Waals surface area (Å²) in [5, 5.41) is 30.0. The third-order valence-electron chi connectivity index (χ3n) is 6.49. The zero-order valence-electron chi connectivity index (χ0n) is 23.5. The van der Waals surface area contributed by atoms with Crippen LogP contribution in [0, 0.1) is 0 Å². The third-order valence-corrected chi connectivity index (χ3v) is 11.0. The minimum Gasteiger partial charge on any atom is -0.538 e. The number of rotatable bonds is 10. The van der Waals surface area contributed by atoms with Crippen molar-refractivity contribution in [2.24, 2.45) is 0 Å². The number of anilines is 2. The summed E-state index contributed by atoms with van der Waals surface area (Å²) in [6.07, 6.45) is 0. The summed E-state index contributed by atoms with van der Waals surface area (Å²) in [7, 11) is -13.1. The molecule has 0 saturated carbocycles. The summed E-state index contributed by atoms with van der Waals surface area (Å²) in [6.45, 7) is 0. The van der Waals surface area contributed by atoms with Gasteiger partial charge in [-0.15, -0.1) is 0 Å². The van der Waals surface area contributed by atoms with Gasteiger partial charge < -0.3 is 19.3 Å². The Bertz CT molecular complexity index is 2230. The molecule has 4 aromatic carbocycles. The molecule has 0 bridgehead atoms. The monoisotopic (exact) mass is 696 g/mol. The van der Waals surface area contributed by atoms with Gasteiger partial charge in [0.15, 0.2) is 11.9 Å². The summed E-state index contributed by atoms with van der Waals surface area (Å²) in [5.74, 6) is -2.49. The second-order valence-corrected chi connectivity index (χ2v) is 14.7. The number of hydrogen-bond acceptors (Lipinski definition) is 12. The first-order chi connectivity index (χ1) is 22.4. The van der Waals surface area contributed by atoms with Gasteiger partial charge in [0.05, 0.1) is 20.3 Å². The van der Waals surface area contributed by atoms with Crippen LogP contribution in [0.2, 0.25) is 0 Å². The Morgan fingerprint density at radius 1 is 0.511 bits per heavy atom. The van der Waals surface area contributed by atoms with Crippen molar-refractivity contribution in [2.45, 2.75) is 19.8 Å². The van der Waals surface area contributed by atoms with Gasteiger partial charge in [-0.3, -0.25) is 9.44 Å². The lowest BCUT2D eigenvalue weighted by atomic mass is 10.3. The average molecular weight is 697 g/mol. The topological polar surface area (TPSA) is 232 Å². The van der Waals surface area contributed by atoms with E-state index in [4.69, 9.17) is 0 Å². The van der Waals surface area contributed by atoms with E-state index in [1.54, 1.807) is 36.4 Å². The first-order valence-corrected chi connectivity index (χ1v) is 17.6. The van der Waals surface area contributed by atoms with E-state index in [-0.39, 0.29) is 32.5 Å². The molecule has 2 heterocycles. The molecule has 6 aromatic rings. The van der Waals surface area contributed by atoms with Crippen molar-refractivity contribution in [1.82, 2.24) is 10.5 Å². The molecule has 19 heteroatoms. The van der Waals surface area contributed by atoms with E-state index in [9.17, 15) is 35.5 Å². The van der Waals surface area contributed by atoms with Crippen molar-refractivity contribution in [3.63, 3.8) is 0 Å². The van der Waals surface area contributed by atoms with Crippen molar-refractivity contribution >= 4 is 41.3 Å². The number of nitrogens with zero attached hydrogens (tertiary/aromatic N) is 4. The molecule has 240 valence electrons. The molecule has 0 atom stereocenters. The first kappa shape index (κ1) is 31.2. The van der Waals surface area contributed by atoms with Gasteiger partial charge in [0, 0.05) is 35.6 Å². The molecule has 0 saturated heterocycles. The zero-order chi connectivity index (χ0) is 33.4. The van der Waals surface area contributed by atoms with Crippen LogP contribution in [-0.2, 0) is 29.9 Å². The van der Waals surface area contributed by atoms with Gasteiger partial charge >= 0.3 is 30.1 Å². The first-order valence-electron chi connectivity index (χ1n) is 13.2. The SMILES string of the molecule is O=S(=O)(Nc1ccccc1)c1c([O-])on[n+]1-c1ccc(S(=O)(=O)c2ccc(-[n+]3noc([O-])c3S(=O)(=O)Nc3ccccc3)cc2)cc1. The van der Waals surface area contributed by atoms with Gasteiger partial charge in [0.2, 0.25) is 21.2 Å². The maximum absolute atomic E-state index is 13.4. The molecular weight excluding hydrogens is 677 g/mol. The Morgan fingerprint density at radius 3 is 1.19 bits per heavy atom. The number of nitrogens with one attached hydrogen (secondary N) is 2. The van der Waals surface area contributed by atoms with Crippen molar-refractivity contribution in [3.05, 3.63) is 109 Å². The third kappa shape index (κ3) is 6.09. The number of hydrogen-bond donors (Lipinski definition) is 2. The standard InChI is InChI=1S/C28H20N6O10S3/c35-27-25(46(39,40)29-19-7-3-1-4-8-19)33(31-43-27)21-11-15-23(16-12-21)45(37,38)24-17-13-22(14-18-24)34-26(28(36)44-32-34)47(41,42)30-20-9-5-2-6-10-20/h1-18,29-30H. The number of sulfone groups is 1. The molecule has 0 radical (unpaired) electrons. The predicted molar refractivity (Wildman–Crippen MR) is 155 cm³/mol. The Hall–Kier alpha value is -5.79. The Labute approximate surface area is 266 Å². The molecule has 2 N–H and O–H groups in total. The normalized spacial score (nSPS) is 12.1. The highest BCUT2D eigenvalue weighted by molar-refractivity contribution is 7.93. The van der Waals surface area contributed by atoms with E-state index in [2.05, 4.69) is 29.0 Å². The minimum atomic E-state index is -4.46. The van der Waals surface area contributed by atoms with Crippen LogP contribution in [0.3, 0.4) is 0 Å². The van der Waals surface area contributed by atoms with Gasteiger partial charge in [-0.1, -0.05) is 36.4 Å². The largest absolute Gasteiger partial charge is 0.538 e. The summed E-state index contributed by atoms with van der Waals surface area (Å²) in [5.41, 5.74) is 0.382. The Morgan fingerprint density at radius 2 is 0.851 bits per heavy atom. The van der Waals surface area contributed by atoms with Crippen LogP contribution in [0.15, 0.2) is 138 Å². The molecule has 6 rings (SSSR count). The fraction of sp³-hybridized carbons (Fsp3) is 0. The minimum absolute atomic E-state index is 0.00675. The molecule has 0 aliphatic rings. The molecule has 47 heavy (non-hydrogen) atoms. The second-order valence-electron chi connectivity index (χ2n) is 9.59. The number of aromatic nitrogens is 4. The van der Waals surface area contributed by atoms with Gasteiger partial charge in [-0.2, -0.15) is 16.8 Å². The lowest BCUT2D eigenvalue weighted by Crippen LogP contribution is -2.40. The highest BCUT2D eigenvalue weighted by atomic mass is 32.2. The van der Waals surface area contributed by atoms with E-state index >= 15 is 0 Å². The maximum atomic E-state index is 13.4. The fourth-order valence-corrected chi connectivity index (χ4v) is 7.94. The van der Waals surface area contributed by atoms with E-state index in [1.807, 2.05) is 0 Å². The van der Waals surface area contributed by atoms with Gasteiger partial charge in [-0.25, -0.2) is 8.42 Å². The Kier molecular flexibility index (Phi) is 7.87. The molecule has 0 unspecified atom stereocenters. The van der Waals surface area contributed by atoms with Crippen LogP contribution in [0.4, 0.5) is 11.4 Å². The maximum Gasteiger partial charge on any atom is 0.373 e. The van der Waals surface area contributed by atoms with Crippen LogP contribution in [0.5, 0.6) is 11.9 Å². The number of benzene rings is 4. The molecule has 2 aromatic heterocycles. The fourth-order valence-electron chi connectivity index (χ4n) is 4.35. The highest BCUT2D eigenvalue weighted by Crippen LogP contribution is 2.25. The van der Waals surface area contributed by atoms with Crippen LogP contribution < -0.4 is 29.0 Å². The molecule has 0 aliphatic carbocycles. The van der Waals surface area contributed by atoms with Crippen molar-refractivity contribution in [1.29, 1.82) is 0 Å². The molecule has 0 spiro atoms. The summed E-state index contributed by atoms with van der Waals surface area (Å²) in [6, 6.07) is 25.2. The van der Waals surface area contributed by atoms with Crippen LogP contribution in [0.25, 0.3) is 11.4 Å². The summed E-state index contributed by atoms with van der Waals surface area (Å²) < 4.78 is 93.9. The predicted octanol–water partition coefficient (Wildman–Crippen LogP) is 0.798. The van der Waals surface area contributed by atoms with Gasteiger partial charge in [0.1, 0.15) is 0 Å². The van der Waals surface area contributed by atoms with E-state index in [0.29, 0.717) is 0 Å². The molecule has 16 nitrogen and oxygen atoms in total. The van der Waals surface area contributed by atoms with E-state index < -0.39 is 51.8 Å². The smallest absolute Gasteiger partial charge is 0.373 e. The van der Waals surface area contributed by atoms with Gasteiger partial charge in [0.25, 0.3) is 0 Å². The van der Waals surface area contributed by atoms with Crippen molar-refractivity contribution in [3.8, 4) is 23.3 Å². The van der Waals surface area contributed by atoms with Crippen molar-refractivity contribution < 1.29 is 53.9 Å². The lowest BCUT2D eigenvalue weighted by Gasteiger charge is -2.06. The molecule has 0 aliphatic heterocycles. The second kappa shape index (κ2) is 11.9.